The van der Waals surface area contributed by atoms with Crippen LogP contribution in [0.25, 0.3) is 5.65 Å². The lowest BCUT2D eigenvalue weighted by atomic mass is 10.4. The Balaban J connectivity index is 1.78. The van der Waals surface area contributed by atoms with Crippen molar-refractivity contribution in [2.75, 3.05) is 5.32 Å². The third-order valence-electron chi connectivity index (χ3n) is 2.77. The Labute approximate surface area is 108 Å². The van der Waals surface area contributed by atoms with Crippen LogP contribution < -0.4 is 5.32 Å². The maximum atomic E-state index is 13.0. The molecule has 1 N–H and O–H groups in total. The predicted octanol–water partition coefficient (Wildman–Crippen LogP) is 2.09. The molecule has 0 bridgehead atoms. The zero-order chi connectivity index (χ0) is 13.4. The van der Waals surface area contributed by atoms with Crippen molar-refractivity contribution in [3.63, 3.8) is 0 Å². The summed E-state index contributed by atoms with van der Waals surface area (Å²) in [5.74, 6) is 1.41. The molecule has 0 fully saturated rings. The van der Waals surface area contributed by atoms with Gasteiger partial charge >= 0.3 is 0 Å². The minimum Gasteiger partial charge on any atom is -0.444 e. The van der Waals surface area contributed by atoms with Gasteiger partial charge in [-0.05, 0) is 26.0 Å². The van der Waals surface area contributed by atoms with E-state index in [2.05, 4.69) is 20.4 Å². The first kappa shape index (κ1) is 11.6. The number of hydrogen-bond acceptors (Lipinski definition) is 5. The van der Waals surface area contributed by atoms with Crippen LogP contribution in [0, 0.1) is 19.7 Å². The van der Waals surface area contributed by atoms with Crippen LogP contribution in [-0.2, 0) is 6.54 Å². The van der Waals surface area contributed by atoms with E-state index in [1.54, 1.807) is 6.07 Å². The van der Waals surface area contributed by atoms with Crippen LogP contribution in [0.15, 0.2) is 22.7 Å². The van der Waals surface area contributed by atoms with Gasteiger partial charge in [-0.2, -0.15) is 4.98 Å². The van der Waals surface area contributed by atoms with Gasteiger partial charge in [0.05, 0.1) is 18.4 Å². The zero-order valence-corrected chi connectivity index (χ0v) is 10.5. The highest BCUT2D eigenvalue weighted by atomic mass is 19.1. The smallest absolute Gasteiger partial charge is 0.243 e. The SMILES string of the molecule is Cc1nc(CNc2nc3ccc(F)cn3n2)oc1C. The summed E-state index contributed by atoms with van der Waals surface area (Å²) in [6, 6.07) is 2.90. The number of rotatable bonds is 3. The van der Waals surface area contributed by atoms with Crippen LogP contribution in [0.1, 0.15) is 17.3 Å². The number of pyridine rings is 1. The molecule has 0 unspecified atom stereocenters. The number of halogens is 1. The van der Waals surface area contributed by atoms with Gasteiger partial charge in [0.25, 0.3) is 0 Å². The number of nitrogens with zero attached hydrogens (tertiary/aromatic N) is 4. The summed E-state index contributed by atoms with van der Waals surface area (Å²) in [4.78, 5) is 8.44. The van der Waals surface area contributed by atoms with Crippen LogP contribution in [0.2, 0.25) is 0 Å². The van der Waals surface area contributed by atoms with Gasteiger partial charge in [0.15, 0.2) is 5.65 Å². The number of nitrogens with one attached hydrogen (secondary N) is 1. The Bertz CT molecular complexity index is 713. The minimum absolute atomic E-state index is 0.358. The molecule has 19 heavy (non-hydrogen) atoms. The first-order valence-electron chi connectivity index (χ1n) is 5.80. The maximum Gasteiger partial charge on any atom is 0.243 e. The second kappa shape index (κ2) is 4.34. The first-order valence-corrected chi connectivity index (χ1v) is 5.80. The lowest BCUT2D eigenvalue weighted by molar-refractivity contribution is 0.478. The van der Waals surface area contributed by atoms with E-state index < -0.39 is 0 Å². The molecule has 0 spiro atoms. The Morgan fingerprint density at radius 2 is 2.16 bits per heavy atom. The van der Waals surface area contributed by atoms with Crippen molar-refractivity contribution in [1.29, 1.82) is 0 Å². The van der Waals surface area contributed by atoms with E-state index in [9.17, 15) is 4.39 Å². The average molecular weight is 261 g/mol. The van der Waals surface area contributed by atoms with E-state index in [1.165, 1.54) is 16.8 Å². The van der Waals surface area contributed by atoms with Gasteiger partial charge in [-0.15, -0.1) is 5.10 Å². The Hall–Kier alpha value is -2.44. The van der Waals surface area contributed by atoms with Crippen molar-refractivity contribution in [3.05, 3.63) is 41.5 Å². The molecule has 0 saturated carbocycles. The molecule has 0 atom stereocenters. The normalized spacial score (nSPS) is 11.1. The van der Waals surface area contributed by atoms with Gasteiger partial charge in [0.1, 0.15) is 11.6 Å². The van der Waals surface area contributed by atoms with E-state index in [4.69, 9.17) is 4.42 Å². The number of fused-ring (bicyclic) bond motifs is 1. The molecule has 0 saturated heterocycles. The quantitative estimate of drug-likeness (QED) is 0.781. The predicted molar refractivity (Wildman–Crippen MR) is 66.2 cm³/mol. The fourth-order valence-corrected chi connectivity index (χ4v) is 1.70. The topological polar surface area (TPSA) is 68.2 Å². The van der Waals surface area contributed by atoms with Crippen molar-refractivity contribution >= 4 is 11.6 Å². The highest BCUT2D eigenvalue weighted by molar-refractivity contribution is 5.43. The second-order valence-electron chi connectivity index (χ2n) is 4.19. The van der Waals surface area contributed by atoms with E-state index >= 15 is 0 Å². The van der Waals surface area contributed by atoms with Crippen LogP contribution in [0.4, 0.5) is 10.3 Å². The highest BCUT2D eigenvalue weighted by Gasteiger charge is 2.08. The van der Waals surface area contributed by atoms with Crippen LogP contribution in [-0.4, -0.2) is 19.6 Å². The van der Waals surface area contributed by atoms with Crippen LogP contribution in [0.5, 0.6) is 0 Å². The van der Waals surface area contributed by atoms with Gasteiger partial charge in [0, 0.05) is 0 Å². The maximum absolute atomic E-state index is 13.0. The molecule has 0 aliphatic carbocycles. The van der Waals surface area contributed by atoms with Crippen LogP contribution >= 0.6 is 0 Å². The molecule has 6 nitrogen and oxygen atoms in total. The average Bonchev–Trinajstić information content (AvgIpc) is 2.90. The van der Waals surface area contributed by atoms with E-state index in [0.29, 0.717) is 24.0 Å². The summed E-state index contributed by atoms with van der Waals surface area (Å²) in [7, 11) is 0. The number of oxazole rings is 1. The first-order chi connectivity index (χ1) is 9.11. The van der Waals surface area contributed by atoms with Crippen LogP contribution in [0.3, 0.4) is 0 Å². The fraction of sp³-hybridized carbons (Fsp3) is 0.250. The zero-order valence-electron chi connectivity index (χ0n) is 10.5. The molecular formula is C12H12FN5O. The molecule has 0 aliphatic rings. The number of aryl methyl sites for hydroxylation is 2. The van der Waals surface area contributed by atoms with Crippen molar-refractivity contribution in [3.8, 4) is 0 Å². The summed E-state index contributed by atoms with van der Waals surface area (Å²) in [5.41, 5.74) is 1.44. The standard InChI is InChI=1S/C12H12FN5O/c1-7-8(2)19-11(15-7)5-14-12-16-10-4-3-9(13)6-18(10)17-12/h3-4,6H,5H2,1-2H3,(H,14,17). The minimum atomic E-state index is -0.358. The molecule has 3 aromatic rings. The largest absolute Gasteiger partial charge is 0.444 e. The van der Waals surface area contributed by atoms with Gasteiger partial charge in [-0.25, -0.2) is 13.9 Å². The molecule has 98 valence electrons. The van der Waals surface area contributed by atoms with E-state index in [1.807, 2.05) is 13.8 Å². The fourth-order valence-electron chi connectivity index (χ4n) is 1.70. The summed E-state index contributed by atoms with van der Waals surface area (Å²) in [6.45, 7) is 4.13. The Kier molecular flexibility index (Phi) is 2.66. The molecule has 0 radical (unpaired) electrons. The number of aromatic nitrogens is 4. The molecule has 0 aromatic carbocycles. The molecule has 3 rings (SSSR count). The summed E-state index contributed by atoms with van der Waals surface area (Å²) >= 11 is 0. The van der Waals surface area contributed by atoms with Gasteiger partial charge in [-0.1, -0.05) is 0 Å². The summed E-state index contributed by atoms with van der Waals surface area (Å²) in [5, 5.41) is 7.09. The molecule has 3 aromatic heterocycles. The molecule has 0 amide bonds. The highest BCUT2D eigenvalue weighted by Crippen LogP contribution is 2.11. The summed E-state index contributed by atoms with van der Waals surface area (Å²) < 4.78 is 19.8. The lowest BCUT2D eigenvalue weighted by Crippen LogP contribution is -2.01. The number of anilines is 1. The molecule has 7 heteroatoms. The van der Waals surface area contributed by atoms with E-state index in [0.717, 1.165) is 11.5 Å². The van der Waals surface area contributed by atoms with Gasteiger partial charge < -0.3 is 9.73 Å². The van der Waals surface area contributed by atoms with Crippen molar-refractivity contribution in [2.24, 2.45) is 0 Å². The third-order valence-corrected chi connectivity index (χ3v) is 2.77. The van der Waals surface area contributed by atoms with E-state index in [-0.39, 0.29) is 5.82 Å². The molecule has 0 aliphatic heterocycles. The monoisotopic (exact) mass is 261 g/mol. The van der Waals surface area contributed by atoms with Crippen molar-refractivity contribution < 1.29 is 8.81 Å². The number of hydrogen-bond donors (Lipinski definition) is 1. The third kappa shape index (κ3) is 2.26. The Morgan fingerprint density at radius 1 is 1.32 bits per heavy atom. The molecule has 3 heterocycles. The summed E-state index contributed by atoms with van der Waals surface area (Å²) in [6.07, 6.45) is 1.27. The second-order valence-corrected chi connectivity index (χ2v) is 4.19. The van der Waals surface area contributed by atoms with Crippen molar-refractivity contribution in [2.45, 2.75) is 20.4 Å². The van der Waals surface area contributed by atoms with Crippen molar-refractivity contribution in [1.82, 2.24) is 19.6 Å². The Morgan fingerprint density at radius 3 is 2.89 bits per heavy atom. The lowest BCUT2D eigenvalue weighted by Gasteiger charge is -1.95. The molecular weight excluding hydrogens is 249 g/mol. The van der Waals surface area contributed by atoms with Gasteiger partial charge in [0.2, 0.25) is 11.8 Å². The van der Waals surface area contributed by atoms with Gasteiger partial charge in [-0.3, -0.25) is 0 Å².